The van der Waals surface area contributed by atoms with E-state index in [1.54, 1.807) is 23.9 Å². The number of fused-ring (bicyclic) bond motifs is 1. The molecule has 0 aromatic heterocycles. The Bertz CT molecular complexity index is 656. The van der Waals surface area contributed by atoms with Gasteiger partial charge in [-0.2, -0.15) is 0 Å². The Morgan fingerprint density at radius 3 is 2.74 bits per heavy atom. The van der Waals surface area contributed by atoms with E-state index in [-0.39, 0.29) is 0 Å². The van der Waals surface area contributed by atoms with E-state index in [1.807, 2.05) is 24.3 Å². The van der Waals surface area contributed by atoms with Gasteiger partial charge in [-0.1, -0.05) is 35.3 Å². The molecule has 0 saturated carbocycles. The monoisotopic (exact) mass is 308 g/mol. The third-order valence-corrected chi connectivity index (χ3v) is 4.51. The standard InChI is InChI=1S/C14H10Cl2N2S/c15-10-6-5-9(7-11(10)16)17-14-8-19-13-4-2-1-3-12(13)18-14/h1-7H,8H2,(H,17,18). The molecule has 2 aromatic carbocycles. The summed E-state index contributed by atoms with van der Waals surface area (Å²) in [6.45, 7) is 0. The quantitative estimate of drug-likeness (QED) is 0.779. The van der Waals surface area contributed by atoms with Crippen LogP contribution in [0.25, 0.3) is 0 Å². The summed E-state index contributed by atoms with van der Waals surface area (Å²) < 4.78 is 0. The van der Waals surface area contributed by atoms with Gasteiger partial charge in [0.2, 0.25) is 0 Å². The van der Waals surface area contributed by atoms with Crippen molar-refractivity contribution in [2.24, 2.45) is 4.99 Å². The van der Waals surface area contributed by atoms with Crippen molar-refractivity contribution in [1.29, 1.82) is 0 Å². The molecule has 0 atom stereocenters. The lowest BCUT2D eigenvalue weighted by atomic mass is 10.3. The van der Waals surface area contributed by atoms with Crippen molar-refractivity contribution in [3.63, 3.8) is 0 Å². The van der Waals surface area contributed by atoms with Crippen molar-refractivity contribution in [1.82, 2.24) is 0 Å². The molecule has 0 fully saturated rings. The van der Waals surface area contributed by atoms with Crippen LogP contribution in [0.5, 0.6) is 0 Å². The minimum atomic E-state index is 0.538. The van der Waals surface area contributed by atoms with E-state index in [2.05, 4.69) is 16.4 Å². The van der Waals surface area contributed by atoms with Gasteiger partial charge in [0.05, 0.1) is 21.5 Å². The van der Waals surface area contributed by atoms with Gasteiger partial charge in [0, 0.05) is 10.6 Å². The highest BCUT2D eigenvalue weighted by atomic mass is 35.5. The zero-order valence-corrected chi connectivity index (χ0v) is 12.2. The number of hydrogen-bond acceptors (Lipinski definition) is 3. The fourth-order valence-corrected chi connectivity index (χ4v) is 2.96. The van der Waals surface area contributed by atoms with Gasteiger partial charge in [-0.25, -0.2) is 4.99 Å². The molecule has 1 N–H and O–H groups in total. The summed E-state index contributed by atoms with van der Waals surface area (Å²) in [7, 11) is 0. The van der Waals surface area contributed by atoms with Crippen molar-refractivity contribution in [3.05, 3.63) is 52.5 Å². The van der Waals surface area contributed by atoms with Crippen LogP contribution in [0.15, 0.2) is 52.4 Å². The number of amidine groups is 1. The molecule has 0 unspecified atom stereocenters. The smallest absolute Gasteiger partial charge is 0.117 e. The minimum Gasteiger partial charge on any atom is -0.343 e. The molecule has 0 bridgehead atoms. The summed E-state index contributed by atoms with van der Waals surface area (Å²) in [6, 6.07) is 13.6. The second kappa shape index (κ2) is 5.45. The van der Waals surface area contributed by atoms with Crippen LogP contribution in [0.1, 0.15) is 0 Å². The highest BCUT2D eigenvalue weighted by Gasteiger charge is 2.12. The second-order valence-electron chi connectivity index (χ2n) is 4.07. The van der Waals surface area contributed by atoms with Crippen LogP contribution in [0.3, 0.4) is 0 Å². The summed E-state index contributed by atoms with van der Waals surface area (Å²) in [5.41, 5.74) is 1.90. The Morgan fingerprint density at radius 2 is 1.89 bits per heavy atom. The van der Waals surface area contributed by atoms with Crippen LogP contribution in [0.2, 0.25) is 10.0 Å². The van der Waals surface area contributed by atoms with Gasteiger partial charge in [-0.3, -0.25) is 0 Å². The Morgan fingerprint density at radius 1 is 1.05 bits per heavy atom. The highest BCUT2D eigenvalue weighted by molar-refractivity contribution is 8.00. The first-order valence-corrected chi connectivity index (χ1v) is 7.48. The summed E-state index contributed by atoms with van der Waals surface area (Å²) in [5, 5.41) is 4.37. The van der Waals surface area contributed by atoms with Gasteiger partial charge in [-0.15, -0.1) is 11.8 Å². The summed E-state index contributed by atoms with van der Waals surface area (Å²) in [4.78, 5) is 5.81. The van der Waals surface area contributed by atoms with E-state index in [4.69, 9.17) is 23.2 Å². The average Bonchev–Trinajstić information content (AvgIpc) is 2.43. The molecule has 96 valence electrons. The first-order chi connectivity index (χ1) is 9.22. The number of benzene rings is 2. The van der Waals surface area contributed by atoms with Gasteiger partial charge in [0.25, 0.3) is 0 Å². The van der Waals surface area contributed by atoms with E-state index in [9.17, 15) is 0 Å². The van der Waals surface area contributed by atoms with Crippen molar-refractivity contribution in [3.8, 4) is 0 Å². The molecule has 3 rings (SSSR count). The molecule has 5 heteroatoms. The topological polar surface area (TPSA) is 24.4 Å². The van der Waals surface area contributed by atoms with Crippen LogP contribution < -0.4 is 5.32 Å². The van der Waals surface area contributed by atoms with Crippen molar-refractivity contribution >= 4 is 52.2 Å². The number of halogens is 2. The molecule has 2 aromatic rings. The molecule has 1 heterocycles. The average molecular weight is 309 g/mol. The molecule has 0 radical (unpaired) electrons. The lowest BCUT2D eigenvalue weighted by Crippen LogP contribution is -2.16. The molecule has 2 nitrogen and oxygen atoms in total. The van der Waals surface area contributed by atoms with Gasteiger partial charge >= 0.3 is 0 Å². The Balaban J connectivity index is 1.85. The zero-order chi connectivity index (χ0) is 13.2. The third-order valence-electron chi connectivity index (χ3n) is 2.69. The van der Waals surface area contributed by atoms with Gasteiger partial charge < -0.3 is 5.32 Å². The molecule has 19 heavy (non-hydrogen) atoms. The highest BCUT2D eigenvalue weighted by Crippen LogP contribution is 2.34. The second-order valence-corrected chi connectivity index (χ2v) is 5.90. The van der Waals surface area contributed by atoms with E-state index < -0.39 is 0 Å². The number of para-hydroxylation sites is 1. The molecule has 0 aliphatic carbocycles. The Hall–Kier alpha value is -1.16. The van der Waals surface area contributed by atoms with E-state index in [1.165, 1.54) is 4.90 Å². The Labute approximate surface area is 125 Å². The maximum absolute atomic E-state index is 6.00. The first-order valence-electron chi connectivity index (χ1n) is 5.74. The number of anilines is 1. The normalized spacial score (nSPS) is 13.7. The predicted molar refractivity (Wildman–Crippen MR) is 84.3 cm³/mol. The molecule has 1 aliphatic rings. The maximum Gasteiger partial charge on any atom is 0.117 e. The third kappa shape index (κ3) is 2.89. The summed E-state index contributed by atoms with van der Waals surface area (Å²) >= 11 is 13.7. The van der Waals surface area contributed by atoms with Crippen molar-refractivity contribution in [2.75, 3.05) is 11.1 Å². The number of nitrogens with zero attached hydrogens (tertiary/aromatic N) is 1. The Kier molecular flexibility index (Phi) is 3.69. The summed E-state index contributed by atoms with van der Waals surface area (Å²) in [6.07, 6.45) is 0. The number of rotatable bonds is 1. The molecular weight excluding hydrogens is 299 g/mol. The number of hydrogen-bond donors (Lipinski definition) is 1. The van der Waals surface area contributed by atoms with Crippen molar-refractivity contribution < 1.29 is 0 Å². The SMILES string of the molecule is Clc1ccc(NC2=Nc3ccccc3SC2)cc1Cl. The molecule has 0 spiro atoms. The predicted octanol–water partition coefficient (Wildman–Crippen LogP) is 5.24. The van der Waals surface area contributed by atoms with Gasteiger partial charge in [-0.05, 0) is 30.3 Å². The van der Waals surface area contributed by atoms with Gasteiger partial charge in [0.1, 0.15) is 5.84 Å². The van der Waals surface area contributed by atoms with Gasteiger partial charge in [0.15, 0.2) is 0 Å². The van der Waals surface area contributed by atoms with Crippen LogP contribution in [-0.2, 0) is 0 Å². The molecular formula is C14H10Cl2N2S. The lowest BCUT2D eigenvalue weighted by Gasteiger charge is -2.16. The number of thioether (sulfide) groups is 1. The molecule has 0 saturated heterocycles. The van der Waals surface area contributed by atoms with Crippen LogP contribution in [0, 0.1) is 0 Å². The minimum absolute atomic E-state index is 0.538. The first kappa shape index (κ1) is 12.9. The molecule has 1 aliphatic heterocycles. The van der Waals surface area contributed by atoms with E-state index >= 15 is 0 Å². The maximum atomic E-state index is 6.00. The van der Waals surface area contributed by atoms with E-state index in [0.29, 0.717) is 10.0 Å². The van der Waals surface area contributed by atoms with Crippen LogP contribution in [0.4, 0.5) is 11.4 Å². The molecule has 0 amide bonds. The van der Waals surface area contributed by atoms with Crippen molar-refractivity contribution in [2.45, 2.75) is 4.90 Å². The largest absolute Gasteiger partial charge is 0.343 e. The fraction of sp³-hybridized carbons (Fsp3) is 0.0714. The summed E-state index contributed by atoms with van der Waals surface area (Å²) in [5.74, 6) is 1.74. The zero-order valence-electron chi connectivity index (χ0n) is 9.86. The van der Waals surface area contributed by atoms with E-state index in [0.717, 1.165) is 23.0 Å². The fourth-order valence-electron chi connectivity index (χ4n) is 1.80. The van der Waals surface area contributed by atoms with Crippen LogP contribution >= 0.6 is 35.0 Å². The lowest BCUT2D eigenvalue weighted by molar-refractivity contribution is 1.34. The number of aliphatic imine (C=N–C) groups is 1. The van der Waals surface area contributed by atoms with Crippen LogP contribution in [-0.4, -0.2) is 11.6 Å². The number of nitrogens with one attached hydrogen (secondary N) is 1.